The average Bonchev–Trinajstić information content (AvgIpc) is 3.34. The van der Waals surface area contributed by atoms with Gasteiger partial charge in [-0.3, -0.25) is 19.5 Å². The molecule has 5 rings (SSSR count). The first-order chi connectivity index (χ1) is 15.8. The highest BCUT2D eigenvalue weighted by atomic mass is 79.9. The number of furan rings is 1. The highest BCUT2D eigenvalue weighted by Crippen LogP contribution is 2.45. The number of aromatic nitrogens is 1. The lowest BCUT2D eigenvalue weighted by atomic mass is 9.95. The molecule has 0 bridgehead atoms. The first-order valence-electron chi connectivity index (χ1n) is 10.0. The molecular formula is C25H17BrN2O5. The molecule has 1 aliphatic heterocycles. The Balaban J connectivity index is 1.68. The first kappa shape index (κ1) is 21.0. The third-order valence-corrected chi connectivity index (χ3v) is 6.04. The van der Waals surface area contributed by atoms with Crippen LogP contribution in [0.25, 0.3) is 11.0 Å². The minimum Gasteiger partial charge on any atom is -0.506 e. The number of aryl methyl sites for hydroxylation is 1. The number of carbonyl (C=O) groups is 2. The number of phenolic OH excluding ortho intramolecular Hbond substituents is 1. The van der Waals surface area contributed by atoms with Crippen LogP contribution in [0, 0.1) is 6.92 Å². The van der Waals surface area contributed by atoms with E-state index in [1.54, 1.807) is 54.7 Å². The molecule has 33 heavy (non-hydrogen) atoms. The van der Waals surface area contributed by atoms with E-state index in [1.807, 2.05) is 6.92 Å². The number of benzene rings is 2. The summed E-state index contributed by atoms with van der Waals surface area (Å²) < 4.78 is 6.56. The molecule has 2 N–H and O–H groups in total. The summed E-state index contributed by atoms with van der Waals surface area (Å²) in [6.07, 6.45) is 3.08. The van der Waals surface area contributed by atoms with E-state index >= 15 is 0 Å². The van der Waals surface area contributed by atoms with Gasteiger partial charge in [0, 0.05) is 22.3 Å². The van der Waals surface area contributed by atoms with Crippen LogP contribution in [0.3, 0.4) is 0 Å². The third kappa shape index (κ3) is 3.48. The number of aliphatic hydroxyl groups excluding tert-OH is 1. The van der Waals surface area contributed by atoms with Crippen molar-refractivity contribution in [1.82, 2.24) is 4.98 Å². The van der Waals surface area contributed by atoms with Crippen molar-refractivity contribution in [2.75, 3.05) is 4.90 Å². The van der Waals surface area contributed by atoms with Crippen molar-refractivity contribution >= 4 is 44.3 Å². The number of nitrogens with zero attached hydrogens (tertiary/aromatic N) is 2. The molecule has 2 aromatic carbocycles. The lowest BCUT2D eigenvalue weighted by Crippen LogP contribution is -2.31. The van der Waals surface area contributed by atoms with E-state index in [4.69, 9.17) is 4.42 Å². The fourth-order valence-corrected chi connectivity index (χ4v) is 4.40. The summed E-state index contributed by atoms with van der Waals surface area (Å²) in [5.41, 5.74) is 1.82. The number of fused-ring (bicyclic) bond motifs is 1. The quantitative estimate of drug-likeness (QED) is 0.361. The van der Waals surface area contributed by atoms with Crippen molar-refractivity contribution < 1.29 is 24.2 Å². The number of Topliss-reactive ketones (excluding diaryl/α,β-unsaturated/α-hetero) is 1. The average molecular weight is 505 g/mol. The molecule has 0 spiro atoms. The number of amides is 1. The Kier molecular flexibility index (Phi) is 5.02. The van der Waals surface area contributed by atoms with E-state index in [0.29, 0.717) is 16.5 Å². The van der Waals surface area contributed by atoms with Gasteiger partial charge in [0.15, 0.2) is 11.5 Å². The normalized spacial score (nSPS) is 16.1. The summed E-state index contributed by atoms with van der Waals surface area (Å²) in [6, 6.07) is 14.0. The number of halogens is 1. The van der Waals surface area contributed by atoms with E-state index in [-0.39, 0.29) is 22.8 Å². The molecule has 7 nitrogen and oxygen atoms in total. The Bertz CT molecular complexity index is 1460. The van der Waals surface area contributed by atoms with Crippen LogP contribution in [-0.4, -0.2) is 26.9 Å². The fourth-order valence-electron chi connectivity index (χ4n) is 4.02. The second kappa shape index (κ2) is 7.90. The monoisotopic (exact) mass is 504 g/mol. The molecule has 4 aromatic rings. The number of rotatable bonds is 4. The maximum Gasteiger partial charge on any atom is 0.294 e. The van der Waals surface area contributed by atoms with Gasteiger partial charge in [0.25, 0.3) is 5.91 Å². The van der Waals surface area contributed by atoms with Crippen molar-refractivity contribution in [1.29, 1.82) is 0 Å². The first-order valence-corrected chi connectivity index (χ1v) is 10.8. The van der Waals surface area contributed by atoms with Gasteiger partial charge in [-0.1, -0.05) is 28.1 Å². The molecule has 8 heteroatoms. The smallest absolute Gasteiger partial charge is 0.294 e. The van der Waals surface area contributed by atoms with Crippen molar-refractivity contribution in [3.63, 3.8) is 0 Å². The van der Waals surface area contributed by atoms with Gasteiger partial charge in [-0.05, 0) is 60.5 Å². The minimum atomic E-state index is -1.01. The lowest BCUT2D eigenvalue weighted by molar-refractivity contribution is -0.117. The van der Waals surface area contributed by atoms with Gasteiger partial charge < -0.3 is 14.6 Å². The predicted molar refractivity (Wildman–Crippen MR) is 125 cm³/mol. The van der Waals surface area contributed by atoms with Crippen LogP contribution in [0.5, 0.6) is 5.75 Å². The highest BCUT2D eigenvalue weighted by Gasteiger charge is 2.46. The fraction of sp³-hybridized carbons (Fsp3) is 0.0800. The van der Waals surface area contributed by atoms with Crippen LogP contribution in [0.4, 0.5) is 5.69 Å². The van der Waals surface area contributed by atoms with Crippen molar-refractivity contribution in [2.24, 2.45) is 0 Å². The van der Waals surface area contributed by atoms with Gasteiger partial charge >= 0.3 is 0 Å². The van der Waals surface area contributed by atoms with Gasteiger partial charge in [-0.25, -0.2) is 0 Å². The highest BCUT2D eigenvalue weighted by molar-refractivity contribution is 9.10. The molecule has 0 saturated carbocycles. The van der Waals surface area contributed by atoms with Crippen LogP contribution in [0.1, 0.15) is 27.7 Å². The molecule has 1 atom stereocenters. The van der Waals surface area contributed by atoms with Crippen LogP contribution in [0.15, 0.2) is 87.2 Å². The van der Waals surface area contributed by atoms with E-state index in [0.717, 1.165) is 10.0 Å². The number of anilines is 1. The van der Waals surface area contributed by atoms with Gasteiger partial charge in [-0.15, -0.1) is 0 Å². The molecule has 164 valence electrons. The number of ketones is 1. The molecule has 1 amide bonds. The SMILES string of the molecule is Cc1ccc(O)c(N2C(=O)C(O)=C(C(=O)c3cc4cc(Br)ccc4o3)C2c2cccnc2)c1. The number of hydrogen-bond acceptors (Lipinski definition) is 6. The van der Waals surface area contributed by atoms with E-state index in [2.05, 4.69) is 20.9 Å². The Labute approximate surface area is 196 Å². The maximum absolute atomic E-state index is 13.6. The molecule has 2 aromatic heterocycles. The predicted octanol–water partition coefficient (Wildman–Crippen LogP) is 5.39. The van der Waals surface area contributed by atoms with Gasteiger partial charge in [0.05, 0.1) is 17.3 Å². The standard InChI is InChI=1S/C25H17BrN2O5/c1-13-4-6-18(29)17(9-13)28-22(14-3-2-8-27-12-14)21(24(31)25(28)32)23(30)20-11-15-10-16(26)5-7-19(15)33-20/h2-12,22,29,31H,1H3. The third-order valence-electron chi connectivity index (χ3n) is 5.55. The summed E-state index contributed by atoms with van der Waals surface area (Å²) in [5.74, 6) is -2.29. The van der Waals surface area contributed by atoms with Crippen molar-refractivity contribution in [3.05, 3.63) is 99.7 Å². The topological polar surface area (TPSA) is 104 Å². The van der Waals surface area contributed by atoms with Crippen molar-refractivity contribution in [3.8, 4) is 5.75 Å². The molecule has 1 unspecified atom stereocenters. The Hall–Kier alpha value is -3.91. The summed E-state index contributed by atoms with van der Waals surface area (Å²) >= 11 is 3.39. The Morgan fingerprint density at radius 1 is 1.12 bits per heavy atom. The number of hydrogen-bond donors (Lipinski definition) is 2. The molecule has 3 heterocycles. The second-order valence-corrected chi connectivity index (χ2v) is 8.66. The van der Waals surface area contributed by atoms with Crippen LogP contribution in [-0.2, 0) is 4.79 Å². The van der Waals surface area contributed by atoms with Crippen LogP contribution < -0.4 is 4.90 Å². The van der Waals surface area contributed by atoms with Crippen molar-refractivity contribution in [2.45, 2.75) is 13.0 Å². The van der Waals surface area contributed by atoms with E-state index in [9.17, 15) is 19.8 Å². The Morgan fingerprint density at radius 2 is 1.94 bits per heavy atom. The van der Waals surface area contributed by atoms with Gasteiger partial charge in [0.2, 0.25) is 5.78 Å². The number of pyridine rings is 1. The summed E-state index contributed by atoms with van der Waals surface area (Å²) in [6.45, 7) is 1.81. The summed E-state index contributed by atoms with van der Waals surface area (Å²) in [4.78, 5) is 32.1. The van der Waals surface area contributed by atoms with E-state index in [1.165, 1.54) is 17.2 Å². The zero-order valence-electron chi connectivity index (χ0n) is 17.3. The van der Waals surface area contributed by atoms with Gasteiger partial charge in [-0.2, -0.15) is 0 Å². The second-order valence-electron chi connectivity index (χ2n) is 7.74. The zero-order valence-corrected chi connectivity index (χ0v) is 18.9. The number of phenols is 1. The number of aromatic hydroxyl groups is 1. The largest absolute Gasteiger partial charge is 0.506 e. The van der Waals surface area contributed by atoms with Gasteiger partial charge in [0.1, 0.15) is 11.3 Å². The number of aliphatic hydroxyl groups is 1. The lowest BCUT2D eigenvalue weighted by Gasteiger charge is -2.27. The van der Waals surface area contributed by atoms with Crippen LogP contribution >= 0.6 is 15.9 Å². The maximum atomic E-state index is 13.6. The molecule has 0 radical (unpaired) electrons. The minimum absolute atomic E-state index is 0.0124. The molecule has 0 fully saturated rings. The number of carbonyl (C=O) groups excluding carboxylic acids is 2. The summed E-state index contributed by atoms with van der Waals surface area (Å²) in [7, 11) is 0. The molecule has 1 aliphatic rings. The Morgan fingerprint density at radius 3 is 2.70 bits per heavy atom. The van der Waals surface area contributed by atoms with Crippen LogP contribution in [0.2, 0.25) is 0 Å². The summed E-state index contributed by atoms with van der Waals surface area (Å²) in [5, 5.41) is 22.1. The molecular weight excluding hydrogens is 488 g/mol. The molecule has 0 aliphatic carbocycles. The zero-order chi connectivity index (χ0) is 23.3. The molecule has 0 saturated heterocycles. The van der Waals surface area contributed by atoms with E-state index < -0.39 is 23.5 Å².